The average Bonchev–Trinajstić information content (AvgIpc) is 3.29. The van der Waals surface area contributed by atoms with E-state index in [0.29, 0.717) is 30.7 Å². The minimum Gasteiger partial charge on any atom is -0.494 e. The molecule has 0 amide bonds. The van der Waals surface area contributed by atoms with E-state index < -0.39 is 0 Å². The second-order valence-corrected chi connectivity index (χ2v) is 5.02. The first-order valence-corrected chi connectivity index (χ1v) is 7.80. The molecule has 7 nitrogen and oxygen atoms in total. The largest absolute Gasteiger partial charge is 0.494 e. The lowest BCUT2D eigenvalue weighted by atomic mass is 10.3. The second kappa shape index (κ2) is 7.93. The van der Waals surface area contributed by atoms with Crippen molar-refractivity contribution in [1.82, 2.24) is 4.98 Å². The molecule has 0 bridgehead atoms. The van der Waals surface area contributed by atoms with Gasteiger partial charge in [0, 0.05) is 0 Å². The van der Waals surface area contributed by atoms with Crippen LogP contribution in [-0.4, -0.2) is 11.6 Å². The van der Waals surface area contributed by atoms with Gasteiger partial charge < -0.3 is 23.6 Å². The van der Waals surface area contributed by atoms with Gasteiger partial charge in [0.1, 0.15) is 23.3 Å². The van der Waals surface area contributed by atoms with Crippen LogP contribution in [0.2, 0.25) is 0 Å². The predicted molar refractivity (Wildman–Crippen MR) is 89.2 cm³/mol. The summed E-state index contributed by atoms with van der Waals surface area (Å²) in [4.78, 5) is 4.12. The van der Waals surface area contributed by atoms with Gasteiger partial charge in [0.25, 0.3) is 0 Å². The van der Waals surface area contributed by atoms with E-state index in [1.54, 1.807) is 24.5 Å². The maximum Gasteiger partial charge on any atom is 0.236 e. The molecule has 0 aliphatic carbocycles. The zero-order valence-corrected chi connectivity index (χ0v) is 13.7. The molecule has 0 atom stereocenters. The quantitative estimate of drug-likeness (QED) is 0.668. The van der Waals surface area contributed by atoms with Crippen LogP contribution in [-0.2, 0) is 13.2 Å². The fourth-order valence-corrected chi connectivity index (χ4v) is 2.15. The van der Waals surface area contributed by atoms with Crippen molar-refractivity contribution >= 4 is 5.88 Å². The highest BCUT2D eigenvalue weighted by Crippen LogP contribution is 2.21. The molecule has 128 valence electrons. The Kier molecular flexibility index (Phi) is 5.22. The molecule has 0 radical (unpaired) electrons. The van der Waals surface area contributed by atoms with Gasteiger partial charge in [-0.25, -0.2) is 0 Å². The standard InChI is InChI=1S/C18H17N3O4/c1-2-22-13-5-7-14(8-6-13)24-12-17-21-16(10-19)18(25-17)20-11-15-4-3-9-23-15/h3-9,20H,2,11-12H2,1H3. The van der Waals surface area contributed by atoms with E-state index in [9.17, 15) is 0 Å². The van der Waals surface area contributed by atoms with Gasteiger partial charge in [0.15, 0.2) is 6.61 Å². The van der Waals surface area contributed by atoms with Crippen LogP contribution in [0.3, 0.4) is 0 Å². The van der Waals surface area contributed by atoms with Crippen molar-refractivity contribution in [3.05, 3.63) is 60.0 Å². The Bertz CT molecular complexity index is 832. The number of nitrogens with zero attached hydrogens (tertiary/aromatic N) is 2. The first kappa shape index (κ1) is 16.5. The predicted octanol–water partition coefficient (Wildman–Crippen LogP) is 3.73. The average molecular weight is 339 g/mol. The lowest BCUT2D eigenvalue weighted by molar-refractivity contribution is 0.264. The third kappa shape index (κ3) is 4.32. The number of anilines is 1. The number of rotatable bonds is 8. The molecule has 0 fully saturated rings. The van der Waals surface area contributed by atoms with Crippen molar-refractivity contribution in [3.8, 4) is 17.6 Å². The van der Waals surface area contributed by atoms with Gasteiger partial charge >= 0.3 is 0 Å². The molecule has 2 heterocycles. The first-order chi connectivity index (χ1) is 12.3. The summed E-state index contributed by atoms with van der Waals surface area (Å²) >= 11 is 0. The highest BCUT2D eigenvalue weighted by atomic mass is 16.5. The number of nitrogens with one attached hydrogen (secondary N) is 1. The summed E-state index contributed by atoms with van der Waals surface area (Å²) in [6.45, 7) is 3.06. The maximum absolute atomic E-state index is 9.16. The Balaban J connectivity index is 1.59. The molecule has 7 heteroatoms. The van der Waals surface area contributed by atoms with Crippen LogP contribution in [0.25, 0.3) is 0 Å². The molecule has 25 heavy (non-hydrogen) atoms. The number of benzene rings is 1. The summed E-state index contributed by atoms with van der Waals surface area (Å²) in [6, 6.07) is 12.9. The minimum atomic E-state index is 0.116. The summed E-state index contributed by atoms with van der Waals surface area (Å²) < 4.78 is 21.8. The zero-order valence-electron chi connectivity index (χ0n) is 13.7. The summed E-state index contributed by atoms with van der Waals surface area (Å²) in [5.74, 6) is 2.77. The molecule has 0 saturated heterocycles. The van der Waals surface area contributed by atoms with Crippen LogP contribution < -0.4 is 14.8 Å². The highest BCUT2D eigenvalue weighted by molar-refractivity contribution is 5.45. The van der Waals surface area contributed by atoms with Gasteiger partial charge in [-0.3, -0.25) is 0 Å². The lowest BCUT2D eigenvalue weighted by Crippen LogP contribution is -1.98. The van der Waals surface area contributed by atoms with Crippen molar-refractivity contribution < 1.29 is 18.3 Å². The molecule has 3 rings (SSSR count). The third-order valence-corrected chi connectivity index (χ3v) is 3.28. The van der Waals surface area contributed by atoms with Crippen LogP contribution in [0.4, 0.5) is 5.88 Å². The van der Waals surface area contributed by atoms with E-state index in [0.717, 1.165) is 11.5 Å². The van der Waals surface area contributed by atoms with Crippen molar-refractivity contribution in [2.75, 3.05) is 11.9 Å². The Hall–Kier alpha value is -3.40. The van der Waals surface area contributed by atoms with Crippen molar-refractivity contribution in [2.45, 2.75) is 20.1 Å². The SMILES string of the molecule is CCOc1ccc(OCc2nc(C#N)c(NCc3ccco3)o2)cc1. The Labute approximate surface area is 144 Å². The van der Waals surface area contributed by atoms with Gasteiger partial charge in [-0.1, -0.05) is 0 Å². The van der Waals surface area contributed by atoms with Crippen LogP contribution in [0.15, 0.2) is 51.5 Å². The number of nitriles is 1. The van der Waals surface area contributed by atoms with Gasteiger partial charge in [-0.15, -0.1) is 0 Å². The Morgan fingerprint density at radius 3 is 2.56 bits per heavy atom. The summed E-state index contributed by atoms with van der Waals surface area (Å²) in [7, 11) is 0. The Morgan fingerprint density at radius 2 is 1.92 bits per heavy atom. The topological polar surface area (TPSA) is 93.5 Å². The number of oxazole rings is 1. The fraction of sp³-hybridized carbons (Fsp3) is 0.222. The number of hydrogen-bond donors (Lipinski definition) is 1. The Morgan fingerprint density at radius 1 is 1.16 bits per heavy atom. The van der Waals surface area contributed by atoms with Gasteiger partial charge in [-0.2, -0.15) is 10.2 Å². The molecule has 0 aliphatic heterocycles. The number of furan rings is 1. The van der Waals surface area contributed by atoms with Crippen LogP contribution in [0.1, 0.15) is 24.3 Å². The molecule has 0 aliphatic rings. The molecule has 2 aromatic heterocycles. The van der Waals surface area contributed by atoms with Crippen LogP contribution in [0, 0.1) is 11.3 Å². The number of hydrogen-bond acceptors (Lipinski definition) is 7. The molecule has 0 unspecified atom stereocenters. The van der Waals surface area contributed by atoms with Crippen LogP contribution >= 0.6 is 0 Å². The molecular weight excluding hydrogens is 322 g/mol. The van der Waals surface area contributed by atoms with Gasteiger partial charge in [0.05, 0.1) is 19.4 Å². The number of ether oxygens (including phenoxy) is 2. The molecule has 0 spiro atoms. The van der Waals surface area contributed by atoms with Gasteiger partial charge in [0.2, 0.25) is 17.5 Å². The summed E-state index contributed by atoms with van der Waals surface area (Å²) in [5, 5.41) is 12.2. The summed E-state index contributed by atoms with van der Waals surface area (Å²) in [5.41, 5.74) is 0.178. The van der Waals surface area contributed by atoms with E-state index in [2.05, 4.69) is 10.3 Å². The fourth-order valence-electron chi connectivity index (χ4n) is 2.15. The van der Waals surface area contributed by atoms with E-state index in [4.69, 9.17) is 23.6 Å². The van der Waals surface area contributed by atoms with Gasteiger partial charge in [-0.05, 0) is 43.3 Å². The minimum absolute atomic E-state index is 0.116. The molecule has 0 saturated carbocycles. The molecule has 3 aromatic rings. The smallest absolute Gasteiger partial charge is 0.236 e. The third-order valence-electron chi connectivity index (χ3n) is 3.28. The second-order valence-electron chi connectivity index (χ2n) is 5.02. The van der Waals surface area contributed by atoms with E-state index in [-0.39, 0.29) is 12.3 Å². The highest BCUT2D eigenvalue weighted by Gasteiger charge is 2.13. The van der Waals surface area contributed by atoms with E-state index in [1.807, 2.05) is 31.2 Å². The lowest BCUT2D eigenvalue weighted by Gasteiger charge is -2.06. The van der Waals surface area contributed by atoms with E-state index in [1.165, 1.54) is 0 Å². The van der Waals surface area contributed by atoms with Crippen molar-refractivity contribution in [1.29, 1.82) is 5.26 Å². The molecular formula is C18H17N3O4. The van der Waals surface area contributed by atoms with E-state index >= 15 is 0 Å². The zero-order chi connectivity index (χ0) is 17.5. The maximum atomic E-state index is 9.16. The first-order valence-electron chi connectivity index (χ1n) is 7.80. The summed E-state index contributed by atoms with van der Waals surface area (Å²) in [6.07, 6.45) is 1.58. The normalized spacial score (nSPS) is 10.2. The number of aromatic nitrogens is 1. The molecule has 1 N–H and O–H groups in total. The van der Waals surface area contributed by atoms with Crippen LogP contribution in [0.5, 0.6) is 11.5 Å². The van der Waals surface area contributed by atoms with Crippen molar-refractivity contribution in [3.63, 3.8) is 0 Å². The van der Waals surface area contributed by atoms with Crippen molar-refractivity contribution in [2.24, 2.45) is 0 Å². The monoisotopic (exact) mass is 339 g/mol. The molecule has 1 aromatic carbocycles.